The van der Waals surface area contributed by atoms with Gasteiger partial charge in [0.1, 0.15) is 0 Å². The van der Waals surface area contributed by atoms with Gasteiger partial charge in [0.2, 0.25) is 0 Å². The summed E-state index contributed by atoms with van der Waals surface area (Å²) in [5.74, 6) is -0.989. The Morgan fingerprint density at radius 2 is 1.95 bits per heavy atom. The summed E-state index contributed by atoms with van der Waals surface area (Å²) >= 11 is 0. The standard InChI is InChI=1S/C16H21F2NO/c17-14-3-1-2-13(16(14)18)15(20)8-9-19(12-6-7-12)10-11-4-5-11/h1-3,11-12,15,20H,4-10H2. The van der Waals surface area contributed by atoms with Gasteiger partial charge in [-0.05, 0) is 44.1 Å². The SMILES string of the molecule is OC(CCN(CC1CC1)C1CC1)c1cccc(F)c1F. The molecular formula is C16H21F2NO. The lowest BCUT2D eigenvalue weighted by atomic mass is 10.1. The van der Waals surface area contributed by atoms with E-state index in [0.29, 0.717) is 12.5 Å². The molecule has 20 heavy (non-hydrogen) atoms. The summed E-state index contributed by atoms with van der Waals surface area (Å²) in [6, 6.07) is 4.64. The highest BCUT2D eigenvalue weighted by Gasteiger charge is 2.33. The molecule has 1 aromatic rings. The van der Waals surface area contributed by atoms with Crippen LogP contribution in [-0.4, -0.2) is 29.1 Å². The number of hydrogen-bond acceptors (Lipinski definition) is 2. The third-order valence-electron chi connectivity index (χ3n) is 4.28. The summed E-state index contributed by atoms with van der Waals surface area (Å²) in [6.07, 6.45) is 4.62. The van der Waals surface area contributed by atoms with Crippen molar-refractivity contribution in [3.8, 4) is 0 Å². The predicted molar refractivity (Wildman–Crippen MR) is 73.3 cm³/mol. The van der Waals surface area contributed by atoms with Gasteiger partial charge in [0, 0.05) is 24.7 Å². The number of benzene rings is 1. The Hall–Kier alpha value is -1.00. The predicted octanol–water partition coefficient (Wildman–Crippen LogP) is 3.26. The molecule has 2 aliphatic rings. The second-order valence-corrected chi connectivity index (χ2v) is 6.12. The van der Waals surface area contributed by atoms with Gasteiger partial charge >= 0.3 is 0 Å². The third-order valence-corrected chi connectivity index (χ3v) is 4.28. The lowest BCUT2D eigenvalue weighted by Crippen LogP contribution is -2.30. The van der Waals surface area contributed by atoms with Crippen molar-refractivity contribution >= 4 is 0 Å². The summed E-state index contributed by atoms with van der Waals surface area (Å²) in [4.78, 5) is 2.41. The molecule has 2 aliphatic carbocycles. The highest BCUT2D eigenvalue weighted by molar-refractivity contribution is 5.21. The summed E-state index contributed by atoms with van der Waals surface area (Å²) in [5.41, 5.74) is 0.0761. The minimum absolute atomic E-state index is 0.0761. The lowest BCUT2D eigenvalue weighted by Gasteiger charge is -2.23. The largest absolute Gasteiger partial charge is 0.388 e. The Labute approximate surface area is 118 Å². The van der Waals surface area contributed by atoms with Crippen LogP contribution in [0.5, 0.6) is 0 Å². The van der Waals surface area contributed by atoms with Gasteiger partial charge in [-0.25, -0.2) is 8.78 Å². The topological polar surface area (TPSA) is 23.5 Å². The van der Waals surface area contributed by atoms with E-state index in [-0.39, 0.29) is 5.56 Å². The van der Waals surface area contributed by atoms with Crippen LogP contribution in [0, 0.1) is 17.6 Å². The lowest BCUT2D eigenvalue weighted by molar-refractivity contribution is 0.133. The zero-order valence-corrected chi connectivity index (χ0v) is 11.6. The third kappa shape index (κ3) is 3.36. The Morgan fingerprint density at radius 1 is 1.20 bits per heavy atom. The molecule has 1 unspecified atom stereocenters. The van der Waals surface area contributed by atoms with Gasteiger partial charge < -0.3 is 10.0 Å². The fourth-order valence-electron chi connectivity index (χ4n) is 2.72. The van der Waals surface area contributed by atoms with Gasteiger partial charge in [-0.1, -0.05) is 12.1 Å². The molecule has 2 nitrogen and oxygen atoms in total. The molecule has 1 atom stereocenters. The van der Waals surface area contributed by atoms with Gasteiger partial charge in [-0.2, -0.15) is 0 Å². The minimum Gasteiger partial charge on any atom is -0.388 e. The maximum atomic E-state index is 13.6. The fourth-order valence-corrected chi connectivity index (χ4v) is 2.72. The number of aliphatic hydroxyl groups is 1. The molecule has 2 fully saturated rings. The van der Waals surface area contributed by atoms with Crippen LogP contribution in [0.15, 0.2) is 18.2 Å². The van der Waals surface area contributed by atoms with E-state index in [0.717, 1.165) is 25.1 Å². The summed E-state index contributed by atoms with van der Waals surface area (Å²) in [5, 5.41) is 10.1. The normalized spacial score (nSPS) is 20.4. The van der Waals surface area contributed by atoms with Crippen LogP contribution in [0.3, 0.4) is 0 Å². The van der Waals surface area contributed by atoms with E-state index in [4.69, 9.17) is 0 Å². The molecule has 0 bridgehead atoms. The maximum absolute atomic E-state index is 13.6. The van der Waals surface area contributed by atoms with Crippen LogP contribution < -0.4 is 0 Å². The van der Waals surface area contributed by atoms with Crippen molar-refractivity contribution in [3.63, 3.8) is 0 Å². The number of nitrogens with zero attached hydrogens (tertiary/aromatic N) is 1. The molecule has 1 aromatic carbocycles. The van der Waals surface area contributed by atoms with E-state index in [1.54, 1.807) is 0 Å². The summed E-state index contributed by atoms with van der Waals surface area (Å²) in [7, 11) is 0. The first-order valence-corrected chi connectivity index (χ1v) is 7.51. The quantitative estimate of drug-likeness (QED) is 0.829. The number of halogens is 2. The average molecular weight is 281 g/mol. The maximum Gasteiger partial charge on any atom is 0.164 e. The van der Waals surface area contributed by atoms with Crippen molar-refractivity contribution in [2.75, 3.05) is 13.1 Å². The van der Waals surface area contributed by atoms with Crippen LogP contribution in [0.2, 0.25) is 0 Å². The second kappa shape index (κ2) is 5.78. The highest BCUT2D eigenvalue weighted by Crippen LogP contribution is 2.35. The molecule has 0 saturated heterocycles. The molecule has 0 aliphatic heterocycles. The van der Waals surface area contributed by atoms with Crippen molar-refractivity contribution in [1.29, 1.82) is 0 Å². The van der Waals surface area contributed by atoms with Gasteiger partial charge in [0.05, 0.1) is 6.10 Å². The van der Waals surface area contributed by atoms with Crippen molar-refractivity contribution in [1.82, 2.24) is 4.90 Å². The first-order chi connectivity index (χ1) is 9.65. The summed E-state index contributed by atoms with van der Waals surface area (Å²) in [6.45, 7) is 1.86. The molecule has 2 saturated carbocycles. The smallest absolute Gasteiger partial charge is 0.164 e. The molecule has 0 heterocycles. The van der Waals surface area contributed by atoms with Gasteiger partial charge in [0.15, 0.2) is 11.6 Å². The van der Waals surface area contributed by atoms with Gasteiger partial charge in [0.25, 0.3) is 0 Å². The minimum atomic E-state index is -0.925. The van der Waals surface area contributed by atoms with E-state index in [9.17, 15) is 13.9 Å². The molecule has 1 N–H and O–H groups in total. The summed E-state index contributed by atoms with van der Waals surface area (Å²) < 4.78 is 26.8. The molecule has 0 radical (unpaired) electrons. The van der Waals surface area contributed by atoms with Crippen LogP contribution in [0.1, 0.15) is 43.8 Å². The molecule has 0 amide bonds. The highest BCUT2D eigenvalue weighted by atomic mass is 19.2. The number of rotatable bonds is 7. The first-order valence-electron chi connectivity index (χ1n) is 7.51. The van der Waals surface area contributed by atoms with Gasteiger partial charge in [-0.3, -0.25) is 0 Å². The Kier molecular flexibility index (Phi) is 4.03. The van der Waals surface area contributed by atoms with Crippen LogP contribution in [0.25, 0.3) is 0 Å². The fraction of sp³-hybridized carbons (Fsp3) is 0.625. The Morgan fingerprint density at radius 3 is 2.60 bits per heavy atom. The van der Waals surface area contributed by atoms with E-state index >= 15 is 0 Å². The number of aliphatic hydroxyl groups excluding tert-OH is 1. The molecular weight excluding hydrogens is 260 g/mol. The van der Waals surface area contributed by atoms with E-state index < -0.39 is 17.7 Å². The van der Waals surface area contributed by atoms with E-state index in [1.165, 1.54) is 37.8 Å². The van der Waals surface area contributed by atoms with Crippen LogP contribution in [-0.2, 0) is 0 Å². The monoisotopic (exact) mass is 281 g/mol. The average Bonchev–Trinajstić information content (AvgIpc) is 3.29. The Bertz CT molecular complexity index is 472. The van der Waals surface area contributed by atoms with Crippen LogP contribution in [0.4, 0.5) is 8.78 Å². The van der Waals surface area contributed by atoms with Crippen LogP contribution >= 0.6 is 0 Å². The molecule has 4 heteroatoms. The van der Waals surface area contributed by atoms with Crippen molar-refractivity contribution in [2.24, 2.45) is 5.92 Å². The Balaban J connectivity index is 1.57. The van der Waals surface area contributed by atoms with E-state index in [1.807, 2.05) is 0 Å². The molecule has 3 rings (SSSR count). The zero-order chi connectivity index (χ0) is 14.1. The molecule has 0 spiro atoms. The van der Waals surface area contributed by atoms with E-state index in [2.05, 4.69) is 4.90 Å². The number of hydrogen-bond donors (Lipinski definition) is 1. The van der Waals surface area contributed by atoms with Crippen molar-refractivity contribution in [2.45, 2.75) is 44.2 Å². The van der Waals surface area contributed by atoms with Crippen molar-refractivity contribution < 1.29 is 13.9 Å². The second-order valence-electron chi connectivity index (χ2n) is 6.12. The van der Waals surface area contributed by atoms with Crippen molar-refractivity contribution in [3.05, 3.63) is 35.4 Å². The van der Waals surface area contributed by atoms with Gasteiger partial charge in [-0.15, -0.1) is 0 Å². The molecule has 110 valence electrons. The molecule has 0 aromatic heterocycles. The zero-order valence-electron chi connectivity index (χ0n) is 11.6. The first kappa shape index (κ1) is 14.0.